The van der Waals surface area contributed by atoms with Crippen molar-refractivity contribution in [3.8, 4) is 0 Å². The molecule has 1 atom stereocenters. The smallest absolute Gasteiger partial charge is 0.403 e. The average Bonchev–Trinajstić information content (AvgIpc) is 3.62. The van der Waals surface area contributed by atoms with Crippen LogP contribution < -0.4 is 5.73 Å². The van der Waals surface area contributed by atoms with Gasteiger partial charge in [-0.1, -0.05) is 128 Å². The van der Waals surface area contributed by atoms with E-state index in [2.05, 4.69) is 111 Å². The number of rotatable bonds is 12. The van der Waals surface area contributed by atoms with Crippen molar-refractivity contribution >= 4 is 18.7 Å². The third-order valence-corrected chi connectivity index (χ3v) is 10.3. The van der Waals surface area contributed by atoms with Crippen LogP contribution in [0.15, 0.2) is 115 Å². The summed E-state index contributed by atoms with van der Waals surface area (Å²) in [5.41, 5.74) is 9.57. The quantitative estimate of drug-likeness (QED) is 0.0844. The summed E-state index contributed by atoms with van der Waals surface area (Å²) < 4.78 is 14.5. The Kier molecular flexibility index (Phi) is 9.41. The van der Waals surface area contributed by atoms with Gasteiger partial charge >= 0.3 is 7.12 Å². The summed E-state index contributed by atoms with van der Waals surface area (Å²) in [6, 6.07) is 39.3. The molecule has 0 aliphatic carbocycles. The van der Waals surface area contributed by atoms with Crippen LogP contribution in [0.5, 0.6) is 0 Å². The lowest BCUT2D eigenvalue weighted by atomic mass is 9.56. The van der Waals surface area contributed by atoms with E-state index in [0.717, 1.165) is 41.4 Å². The van der Waals surface area contributed by atoms with Crippen LogP contribution in [-0.2, 0) is 26.8 Å². The summed E-state index contributed by atoms with van der Waals surface area (Å²) in [6.45, 7) is 8.80. The molecule has 0 spiro atoms. The molecule has 1 saturated heterocycles. The van der Waals surface area contributed by atoms with Gasteiger partial charge in [-0.25, -0.2) is 4.68 Å². The number of nitrogens with two attached hydrogens (primary N) is 1. The second-order valence-corrected chi connectivity index (χ2v) is 14.0. The Labute approximate surface area is 283 Å². The number of halogens is 1. The van der Waals surface area contributed by atoms with Gasteiger partial charge < -0.3 is 15.0 Å². The molecule has 0 radical (unpaired) electrons. The molecule has 1 aliphatic rings. The Morgan fingerprint density at radius 1 is 0.723 bits per heavy atom. The first-order valence-electron chi connectivity index (χ1n) is 16.4. The zero-order valence-corrected chi connectivity index (χ0v) is 28.4. The van der Waals surface area contributed by atoms with E-state index >= 15 is 0 Å². The fraction of sp³-hybridized carbons (Fsp3) is 0.342. The second-order valence-electron chi connectivity index (χ2n) is 13.5. The number of aromatic nitrogens is 4. The molecule has 7 nitrogen and oxygen atoms in total. The fourth-order valence-corrected chi connectivity index (χ4v) is 7.12. The minimum atomic E-state index is -1.09. The molecule has 47 heavy (non-hydrogen) atoms. The number of hydrogen-bond donors (Lipinski definition) is 1. The van der Waals surface area contributed by atoms with Crippen molar-refractivity contribution in [1.82, 2.24) is 20.2 Å². The van der Waals surface area contributed by atoms with Crippen LogP contribution in [0.2, 0.25) is 11.3 Å². The first-order valence-corrected chi connectivity index (χ1v) is 16.8. The van der Waals surface area contributed by atoms with E-state index in [-0.39, 0.29) is 18.3 Å². The standard InChI is InChI=1S/C38H43BClN5O2/c1-35(2)36(3,4)47-39(46-35)27-15-14-26-37(41,34-42-43-44-45(34)28-29-22-24-33(40)25-23-29)38(30-16-8-5-9-17-30,31-18-10-6-11-19-31)32-20-12-7-13-21-32/h5-13,16-25H,14-15,26-28,41H2,1-4H3. The maximum atomic E-state index is 8.05. The van der Waals surface area contributed by atoms with E-state index in [1.165, 1.54) is 0 Å². The Balaban J connectivity index is 1.48. The zero-order valence-electron chi connectivity index (χ0n) is 27.6. The van der Waals surface area contributed by atoms with Crippen LogP contribution in [0.4, 0.5) is 0 Å². The second kappa shape index (κ2) is 13.4. The Morgan fingerprint density at radius 2 is 1.21 bits per heavy atom. The monoisotopic (exact) mass is 647 g/mol. The van der Waals surface area contributed by atoms with Gasteiger partial charge in [0, 0.05) is 5.02 Å². The highest BCUT2D eigenvalue weighted by Gasteiger charge is 2.56. The summed E-state index contributed by atoms with van der Waals surface area (Å²) in [5.74, 6) is 0.611. The molecule has 0 amide bonds. The van der Waals surface area contributed by atoms with Crippen LogP contribution in [0.1, 0.15) is 75.0 Å². The van der Waals surface area contributed by atoms with Crippen molar-refractivity contribution in [2.75, 3.05) is 0 Å². The number of unbranched alkanes of at least 4 members (excludes halogenated alkanes) is 1. The molecular weight excluding hydrogens is 605 g/mol. The zero-order chi connectivity index (χ0) is 33.1. The third-order valence-electron chi connectivity index (χ3n) is 10.0. The van der Waals surface area contributed by atoms with E-state index < -0.39 is 11.0 Å². The molecule has 242 valence electrons. The van der Waals surface area contributed by atoms with Gasteiger partial charge in [-0.05, 0) is 85.2 Å². The average molecular weight is 648 g/mol. The molecule has 5 aromatic rings. The van der Waals surface area contributed by atoms with E-state index in [4.69, 9.17) is 31.7 Å². The molecule has 6 rings (SSSR count). The SMILES string of the molecule is CC1(C)OB(CCCCC(N)(c2nnnn2Cc2ccc(Cl)cc2)C(c2ccccc2)(c2ccccc2)c2ccccc2)OC1(C)C. The highest BCUT2D eigenvalue weighted by molar-refractivity contribution is 6.45. The van der Waals surface area contributed by atoms with Crippen LogP contribution in [0, 0.1) is 0 Å². The molecule has 1 aliphatic heterocycles. The predicted octanol–water partition coefficient (Wildman–Crippen LogP) is 7.83. The summed E-state index contributed by atoms with van der Waals surface area (Å²) in [5, 5.41) is 14.2. The van der Waals surface area contributed by atoms with Crippen molar-refractivity contribution in [2.24, 2.45) is 5.73 Å². The minimum absolute atomic E-state index is 0.274. The van der Waals surface area contributed by atoms with Gasteiger partial charge in [-0.3, -0.25) is 0 Å². The molecule has 1 aromatic heterocycles. The van der Waals surface area contributed by atoms with E-state index in [0.29, 0.717) is 23.8 Å². The van der Waals surface area contributed by atoms with Crippen LogP contribution >= 0.6 is 11.6 Å². The van der Waals surface area contributed by atoms with Gasteiger partial charge in [0.25, 0.3) is 0 Å². The lowest BCUT2D eigenvalue weighted by molar-refractivity contribution is 0.00578. The lowest BCUT2D eigenvalue weighted by Gasteiger charge is -2.49. The van der Waals surface area contributed by atoms with Crippen molar-refractivity contribution < 1.29 is 9.31 Å². The predicted molar refractivity (Wildman–Crippen MR) is 188 cm³/mol. The molecule has 9 heteroatoms. The maximum absolute atomic E-state index is 8.05. The van der Waals surface area contributed by atoms with Gasteiger partial charge in [-0.2, -0.15) is 0 Å². The molecule has 4 aromatic carbocycles. The van der Waals surface area contributed by atoms with Crippen molar-refractivity contribution in [3.05, 3.63) is 148 Å². The fourth-order valence-electron chi connectivity index (χ4n) is 7.00. The van der Waals surface area contributed by atoms with Crippen LogP contribution in [-0.4, -0.2) is 38.5 Å². The normalized spacial score (nSPS) is 17.0. The Hall–Kier alpha value is -3.82. The summed E-state index contributed by atoms with van der Waals surface area (Å²) >= 11 is 6.22. The minimum Gasteiger partial charge on any atom is -0.403 e. The third kappa shape index (κ3) is 6.28. The molecular formula is C38H43BClN5O2. The molecule has 2 N–H and O–H groups in total. The number of benzene rings is 4. The van der Waals surface area contributed by atoms with Crippen LogP contribution in [0.3, 0.4) is 0 Å². The number of tetrazole rings is 1. The summed E-state index contributed by atoms with van der Waals surface area (Å²) in [4.78, 5) is 0. The molecule has 2 heterocycles. The van der Waals surface area contributed by atoms with Gasteiger partial charge in [0.2, 0.25) is 0 Å². The molecule has 0 bridgehead atoms. The van der Waals surface area contributed by atoms with Gasteiger partial charge in [-0.15, -0.1) is 5.10 Å². The maximum Gasteiger partial charge on any atom is 0.457 e. The Bertz CT molecular complexity index is 1640. The number of nitrogens with zero attached hydrogens (tertiary/aromatic N) is 4. The van der Waals surface area contributed by atoms with Crippen molar-refractivity contribution in [2.45, 2.75) is 82.0 Å². The van der Waals surface area contributed by atoms with Gasteiger partial charge in [0.15, 0.2) is 5.82 Å². The highest BCUT2D eigenvalue weighted by Crippen LogP contribution is 2.52. The van der Waals surface area contributed by atoms with Crippen molar-refractivity contribution in [1.29, 1.82) is 0 Å². The van der Waals surface area contributed by atoms with Crippen LogP contribution in [0.25, 0.3) is 0 Å². The summed E-state index contributed by atoms with van der Waals surface area (Å²) in [7, 11) is -0.274. The first-order chi connectivity index (χ1) is 22.6. The Morgan fingerprint density at radius 3 is 1.70 bits per heavy atom. The van der Waals surface area contributed by atoms with Gasteiger partial charge in [0.05, 0.1) is 28.7 Å². The van der Waals surface area contributed by atoms with E-state index in [9.17, 15) is 0 Å². The number of hydrogen-bond acceptors (Lipinski definition) is 6. The summed E-state index contributed by atoms with van der Waals surface area (Å²) in [6.07, 6.45) is 2.99. The molecule has 1 unspecified atom stereocenters. The lowest BCUT2D eigenvalue weighted by Crippen LogP contribution is -2.58. The molecule has 1 fully saturated rings. The molecule has 0 saturated carbocycles. The largest absolute Gasteiger partial charge is 0.457 e. The van der Waals surface area contributed by atoms with E-state index in [1.807, 2.05) is 47.1 Å². The topological polar surface area (TPSA) is 88.1 Å². The van der Waals surface area contributed by atoms with Gasteiger partial charge in [0.1, 0.15) is 0 Å². The van der Waals surface area contributed by atoms with E-state index in [1.54, 1.807) is 0 Å². The highest BCUT2D eigenvalue weighted by atomic mass is 35.5. The van der Waals surface area contributed by atoms with Crippen molar-refractivity contribution in [3.63, 3.8) is 0 Å². The first kappa shape index (κ1) is 33.1.